The molecule has 2 rings (SSSR count). The average molecular weight is 406 g/mol. The van der Waals surface area contributed by atoms with Crippen molar-refractivity contribution in [3.8, 4) is 0 Å². The molecule has 0 atom stereocenters. The molecule has 0 saturated heterocycles. The standard InChI is InChI=1S/C17H15Cl2NO3S.Na/c1-11-3-5-14(12(2)9-11)17(21)20-24(22,23)8-7-13-4-6-15(18)16(19)10-13;/h3-10H,1-2H3,(H,20,21);/q;+1/p-1/b8-7+;. The molecule has 0 saturated carbocycles. The van der Waals surface area contributed by atoms with Gasteiger partial charge in [-0.3, -0.25) is 0 Å². The molecular weight excluding hydrogens is 392 g/mol. The van der Waals surface area contributed by atoms with E-state index in [2.05, 4.69) is 4.40 Å². The number of rotatable bonds is 4. The van der Waals surface area contributed by atoms with Crippen LogP contribution in [-0.2, 0) is 10.0 Å². The van der Waals surface area contributed by atoms with Gasteiger partial charge < -0.3 is 5.11 Å². The van der Waals surface area contributed by atoms with Crippen LogP contribution in [0.2, 0.25) is 10.0 Å². The molecule has 4 nitrogen and oxygen atoms in total. The first-order valence-corrected chi connectivity index (χ1v) is 9.16. The molecule has 0 aliphatic heterocycles. The quantitative estimate of drug-likeness (QED) is 0.427. The van der Waals surface area contributed by atoms with Crippen molar-refractivity contribution in [3.05, 3.63) is 74.1 Å². The summed E-state index contributed by atoms with van der Waals surface area (Å²) in [5, 5.41) is 13.6. The number of hydrogen-bond acceptors (Lipinski definition) is 3. The number of hydrogen-bond donors (Lipinski definition) is 0. The van der Waals surface area contributed by atoms with Crippen molar-refractivity contribution in [2.75, 3.05) is 0 Å². The van der Waals surface area contributed by atoms with Crippen molar-refractivity contribution in [2.45, 2.75) is 13.8 Å². The average Bonchev–Trinajstić information content (AvgIpc) is 2.48. The second-order valence-corrected chi connectivity index (χ2v) is 7.51. The number of aryl methyl sites for hydroxylation is 2. The molecule has 0 aromatic heterocycles. The minimum absolute atomic E-state index is 0. The molecule has 126 valence electrons. The van der Waals surface area contributed by atoms with Gasteiger partial charge in [0.1, 0.15) is 0 Å². The van der Waals surface area contributed by atoms with Gasteiger partial charge >= 0.3 is 29.6 Å². The summed E-state index contributed by atoms with van der Waals surface area (Å²) in [6.45, 7) is 3.61. The molecule has 0 spiro atoms. The number of benzene rings is 2. The van der Waals surface area contributed by atoms with Crippen molar-refractivity contribution in [1.29, 1.82) is 0 Å². The topological polar surface area (TPSA) is 69.6 Å². The van der Waals surface area contributed by atoms with E-state index in [0.29, 0.717) is 21.2 Å². The van der Waals surface area contributed by atoms with Gasteiger partial charge in [-0.25, -0.2) is 0 Å². The van der Waals surface area contributed by atoms with E-state index in [9.17, 15) is 13.5 Å². The summed E-state index contributed by atoms with van der Waals surface area (Å²) in [6.07, 6.45) is 1.30. The van der Waals surface area contributed by atoms with Crippen LogP contribution < -0.4 is 34.7 Å². The van der Waals surface area contributed by atoms with E-state index in [4.69, 9.17) is 23.2 Å². The molecule has 0 amide bonds. The van der Waals surface area contributed by atoms with E-state index in [-0.39, 0.29) is 35.1 Å². The van der Waals surface area contributed by atoms with Crippen LogP contribution in [0.3, 0.4) is 0 Å². The van der Waals surface area contributed by atoms with E-state index in [1.165, 1.54) is 12.1 Å². The predicted octanol–water partition coefficient (Wildman–Crippen LogP) is 0.722. The smallest absolute Gasteiger partial charge is 0.858 e. The first-order valence-electron chi connectivity index (χ1n) is 6.91. The molecule has 25 heavy (non-hydrogen) atoms. The number of sulfonamides is 1. The van der Waals surface area contributed by atoms with Gasteiger partial charge in [-0.05, 0) is 48.7 Å². The first-order chi connectivity index (χ1) is 11.2. The molecule has 0 bridgehead atoms. The second kappa shape index (κ2) is 9.21. The third-order valence-electron chi connectivity index (χ3n) is 3.20. The van der Waals surface area contributed by atoms with Crippen molar-refractivity contribution in [2.24, 2.45) is 4.40 Å². The van der Waals surface area contributed by atoms with Crippen LogP contribution in [-0.4, -0.2) is 14.3 Å². The van der Waals surface area contributed by atoms with Crippen LogP contribution in [0.1, 0.15) is 22.3 Å². The third-order valence-corrected chi connectivity index (χ3v) is 4.84. The summed E-state index contributed by atoms with van der Waals surface area (Å²) in [5.41, 5.74) is 2.44. The Morgan fingerprint density at radius 2 is 1.76 bits per heavy atom. The second-order valence-electron chi connectivity index (χ2n) is 5.21. The van der Waals surface area contributed by atoms with Crippen molar-refractivity contribution < 1.29 is 43.1 Å². The SMILES string of the molecule is Cc1ccc(/C([O-])=N/S(=O)(=O)/C=C/c2ccc(Cl)c(Cl)c2)c(C)c1.[Na+]. The molecule has 2 aromatic carbocycles. The Hall–Kier alpha value is -0.820. The molecule has 0 fully saturated rings. The minimum Gasteiger partial charge on any atom is -0.858 e. The summed E-state index contributed by atoms with van der Waals surface area (Å²) in [6, 6.07) is 9.76. The molecule has 0 N–H and O–H groups in total. The Morgan fingerprint density at radius 1 is 1.08 bits per heavy atom. The molecule has 0 aliphatic carbocycles. The Balaban J connectivity index is 0.00000312. The maximum atomic E-state index is 12.1. The van der Waals surface area contributed by atoms with E-state index in [0.717, 1.165) is 11.0 Å². The summed E-state index contributed by atoms with van der Waals surface area (Å²) in [5.74, 6) is -0.800. The fraction of sp³-hybridized carbons (Fsp3) is 0.118. The first kappa shape index (κ1) is 22.2. The molecule has 2 aromatic rings. The van der Waals surface area contributed by atoms with Gasteiger partial charge in [0.25, 0.3) is 10.0 Å². The summed E-state index contributed by atoms with van der Waals surface area (Å²) in [7, 11) is -4.06. The van der Waals surface area contributed by atoms with Crippen LogP contribution in [0.25, 0.3) is 6.08 Å². The van der Waals surface area contributed by atoms with Gasteiger partial charge in [0, 0.05) is 5.90 Å². The van der Waals surface area contributed by atoms with Crippen molar-refractivity contribution in [1.82, 2.24) is 0 Å². The number of nitrogens with zero attached hydrogens (tertiary/aromatic N) is 1. The zero-order valence-electron chi connectivity index (χ0n) is 14.0. The molecule has 0 aliphatic rings. The fourth-order valence-corrected chi connectivity index (χ4v) is 3.06. The van der Waals surface area contributed by atoms with Gasteiger partial charge in [-0.1, -0.05) is 53.0 Å². The van der Waals surface area contributed by atoms with Gasteiger partial charge in [0.2, 0.25) is 0 Å². The Kier molecular flexibility index (Phi) is 8.19. The van der Waals surface area contributed by atoms with Gasteiger partial charge in [0.05, 0.1) is 15.5 Å². The van der Waals surface area contributed by atoms with E-state index < -0.39 is 15.9 Å². The zero-order valence-corrected chi connectivity index (χ0v) is 18.3. The zero-order chi connectivity index (χ0) is 17.9. The Morgan fingerprint density at radius 3 is 2.36 bits per heavy atom. The van der Waals surface area contributed by atoms with Crippen molar-refractivity contribution >= 4 is 45.2 Å². The molecule has 0 unspecified atom stereocenters. The van der Waals surface area contributed by atoms with Crippen LogP contribution in [0, 0.1) is 13.8 Å². The largest absolute Gasteiger partial charge is 1.00 e. The van der Waals surface area contributed by atoms with Crippen LogP contribution >= 0.6 is 23.2 Å². The minimum atomic E-state index is -4.06. The Labute approximate surface area is 179 Å². The Bertz CT molecular complexity index is 941. The fourth-order valence-electron chi connectivity index (χ4n) is 2.03. The molecule has 0 radical (unpaired) electrons. The molecular formula is C17H14Cl2NNaO3S. The maximum absolute atomic E-state index is 12.1. The number of halogens is 2. The molecule has 0 heterocycles. The van der Waals surface area contributed by atoms with Gasteiger partial charge in [0.15, 0.2) is 0 Å². The van der Waals surface area contributed by atoms with Crippen LogP contribution in [0.4, 0.5) is 0 Å². The van der Waals surface area contributed by atoms with Gasteiger partial charge in [-0.15, -0.1) is 0 Å². The van der Waals surface area contributed by atoms with Gasteiger partial charge in [-0.2, -0.15) is 12.8 Å². The monoisotopic (exact) mass is 405 g/mol. The third kappa shape index (κ3) is 6.44. The maximum Gasteiger partial charge on any atom is 1.00 e. The summed E-state index contributed by atoms with van der Waals surface area (Å²) >= 11 is 11.7. The van der Waals surface area contributed by atoms with Crippen molar-refractivity contribution in [3.63, 3.8) is 0 Å². The summed E-state index contributed by atoms with van der Waals surface area (Å²) in [4.78, 5) is 0. The van der Waals surface area contributed by atoms with E-state index >= 15 is 0 Å². The van der Waals surface area contributed by atoms with E-state index in [1.54, 1.807) is 37.3 Å². The van der Waals surface area contributed by atoms with Crippen LogP contribution in [0.15, 0.2) is 46.2 Å². The van der Waals surface area contributed by atoms with Crippen LogP contribution in [0.5, 0.6) is 0 Å². The molecule has 8 heteroatoms. The summed E-state index contributed by atoms with van der Waals surface area (Å²) < 4.78 is 27.3. The predicted molar refractivity (Wildman–Crippen MR) is 96.9 cm³/mol. The normalized spacial score (nSPS) is 12.2. The van der Waals surface area contributed by atoms with E-state index in [1.807, 2.05) is 6.92 Å².